The maximum absolute atomic E-state index is 13.8. The summed E-state index contributed by atoms with van der Waals surface area (Å²) in [7, 11) is 0. The van der Waals surface area contributed by atoms with Crippen LogP contribution in [0.5, 0.6) is 0 Å². The fraction of sp³-hybridized carbons (Fsp3) is 0.733. The molecule has 0 bridgehead atoms. The molecule has 0 aliphatic carbocycles. The van der Waals surface area contributed by atoms with Gasteiger partial charge in [0.1, 0.15) is 12.1 Å². The van der Waals surface area contributed by atoms with Crippen LogP contribution < -0.4 is 16.0 Å². The average molecular weight is 592 g/mol. The maximum Gasteiger partial charge on any atom is 0.289 e. The third-order valence-corrected chi connectivity index (χ3v) is 8.08. The van der Waals surface area contributed by atoms with Crippen LogP contribution >= 0.6 is 0 Å². The molecule has 2 saturated heterocycles. The summed E-state index contributed by atoms with van der Waals surface area (Å²) in [5.41, 5.74) is -0.922. The number of imide groups is 1. The Hall–Kier alpha value is -3.12. The standard InChI is InChI=1S/C30H49N5O7/c1-9-12-31-27(41)25(39)19(10-2)33-26(40)24-18(3)11-13-34(24)28(42)20(17-36)32-21(29(4,5)6)16-35-22(37)14-30(7,8)15-23(35)38/h9,18-21,24,32,36H,1,10-17H2,2-8H3,(H,31,41)(H,33,40)/t18-,19-,20-,21+,24-/m0/s1. The van der Waals surface area contributed by atoms with Gasteiger partial charge in [0.15, 0.2) is 0 Å². The van der Waals surface area contributed by atoms with E-state index in [1.54, 1.807) is 6.92 Å². The number of hydrogen-bond acceptors (Lipinski definition) is 8. The number of carbonyl (C=O) groups is 6. The van der Waals surface area contributed by atoms with E-state index in [2.05, 4.69) is 22.5 Å². The molecule has 0 saturated carbocycles. The van der Waals surface area contributed by atoms with Crippen molar-refractivity contribution in [1.29, 1.82) is 0 Å². The highest BCUT2D eigenvalue weighted by molar-refractivity contribution is 6.38. The zero-order valence-corrected chi connectivity index (χ0v) is 26.1. The van der Waals surface area contributed by atoms with Gasteiger partial charge in [-0.15, -0.1) is 6.58 Å². The summed E-state index contributed by atoms with van der Waals surface area (Å²) in [6.07, 6.45) is 2.62. The number of hydrogen-bond donors (Lipinski definition) is 4. The molecule has 0 unspecified atom stereocenters. The van der Waals surface area contributed by atoms with Crippen LogP contribution in [-0.2, 0) is 28.8 Å². The number of Topliss-reactive ketones (excluding diaryl/α,β-unsaturated/α-hetero) is 1. The van der Waals surface area contributed by atoms with Gasteiger partial charge in [0.05, 0.1) is 12.6 Å². The quantitative estimate of drug-likeness (QED) is 0.137. The van der Waals surface area contributed by atoms with Crippen LogP contribution in [0.4, 0.5) is 0 Å². The summed E-state index contributed by atoms with van der Waals surface area (Å²) in [5, 5.41) is 18.5. The Morgan fingerprint density at radius 1 is 1.12 bits per heavy atom. The highest BCUT2D eigenvalue weighted by Gasteiger charge is 2.45. The molecule has 0 aromatic carbocycles. The van der Waals surface area contributed by atoms with Crippen molar-refractivity contribution in [3.63, 3.8) is 0 Å². The van der Waals surface area contributed by atoms with Gasteiger partial charge in [0, 0.05) is 38.5 Å². The number of amides is 5. The summed E-state index contributed by atoms with van der Waals surface area (Å²) < 4.78 is 0. The lowest BCUT2D eigenvalue weighted by Gasteiger charge is -2.41. The monoisotopic (exact) mass is 591 g/mol. The topological polar surface area (TPSA) is 165 Å². The van der Waals surface area contributed by atoms with Crippen LogP contribution in [0.25, 0.3) is 0 Å². The zero-order chi connectivity index (χ0) is 32.0. The lowest BCUT2D eigenvalue weighted by Crippen LogP contribution is -2.61. The van der Waals surface area contributed by atoms with Crippen LogP contribution in [0, 0.1) is 16.7 Å². The van der Waals surface area contributed by atoms with Crippen molar-refractivity contribution in [2.75, 3.05) is 26.2 Å². The number of rotatable bonds is 13. The highest BCUT2D eigenvalue weighted by Crippen LogP contribution is 2.33. The van der Waals surface area contributed by atoms with E-state index < -0.39 is 65.1 Å². The lowest BCUT2D eigenvalue weighted by atomic mass is 9.80. The van der Waals surface area contributed by atoms with Crippen molar-refractivity contribution >= 4 is 35.3 Å². The number of piperidine rings is 1. The first-order valence-electron chi connectivity index (χ1n) is 14.7. The first-order chi connectivity index (χ1) is 19.5. The molecule has 2 rings (SSSR count). The van der Waals surface area contributed by atoms with Gasteiger partial charge in [-0.25, -0.2) is 0 Å². The molecule has 2 heterocycles. The third kappa shape index (κ3) is 8.70. The van der Waals surface area contributed by atoms with Crippen molar-refractivity contribution in [1.82, 2.24) is 25.8 Å². The molecule has 2 aliphatic rings. The van der Waals surface area contributed by atoms with E-state index in [-0.39, 0.29) is 56.6 Å². The van der Waals surface area contributed by atoms with Gasteiger partial charge in [-0.2, -0.15) is 0 Å². The van der Waals surface area contributed by atoms with E-state index >= 15 is 0 Å². The van der Waals surface area contributed by atoms with E-state index in [0.29, 0.717) is 6.42 Å². The number of aliphatic hydroxyl groups is 1. The van der Waals surface area contributed by atoms with Crippen molar-refractivity contribution in [3.05, 3.63) is 12.7 Å². The second-order valence-electron chi connectivity index (χ2n) is 13.3. The van der Waals surface area contributed by atoms with Gasteiger partial charge >= 0.3 is 0 Å². The fourth-order valence-corrected chi connectivity index (χ4v) is 5.43. The lowest BCUT2D eigenvalue weighted by molar-refractivity contribution is -0.153. The molecule has 0 radical (unpaired) electrons. The van der Waals surface area contributed by atoms with E-state index in [1.165, 1.54) is 15.9 Å². The van der Waals surface area contributed by atoms with Crippen molar-refractivity contribution in [2.24, 2.45) is 16.7 Å². The molecule has 5 atom stereocenters. The predicted molar refractivity (Wildman–Crippen MR) is 157 cm³/mol. The van der Waals surface area contributed by atoms with Gasteiger partial charge in [0.25, 0.3) is 5.91 Å². The molecule has 0 aromatic rings. The van der Waals surface area contributed by atoms with Gasteiger partial charge in [-0.3, -0.25) is 39.0 Å². The minimum Gasteiger partial charge on any atom is -0.394 e. The molecule has 236 valence electrons. The van der Waals surface area contributed by atoms with Crippen molar-refractivity contribution in [3.8, 4) is 0 Å². The molecule has 0 spiro atoms. The highest BCUT2D eigenvalue weighted by atomic mass is 16.3. The Bertz CT molecular complexity index is 1050. The van der Waals surface area contributed by atoms with Crippen LogP contribution in [0.2, 0.25) is 0 Å². The molecule has 42 heavy (non-hydrogen) atoms. The van der Waals surface area contributed by atoms with Crippen LogP contribution in [-0.4, -0.2) is 101 Å². The maximum atomic E-state index is 13.8. The van der Waals surface area contributed by atoms with E-state index in [0.717, 1.165) is 0 Å². The molecule has 0 aromatic heterocycles. The largest absolute Gasteiger partial charge is 0.394 e. The van der Waals surface area contributed by atoms with Crippen LogP contribution in [0.1, 0.15) is 74.1 Å². The smallest absolute Gasteiger partial charge is 0.289 e. The number of aliphatic hydroxyl groups excluding tert-OH is 1. The molecule has 4 N–H and O–H groups in total. The normalized spacial score (nSPS) is 22.8. The van der Waals surface area contributed by atoms with Gasteiger partial charge in [0.2, 0.25) is 29.4 Å². The molecule has 2 fully saturated rings. The molecule has 5 amide bonds. The summed E-state index contributed by atoms with van der Waals surface area (Å²) in [4.78, 5) is 80.2. The minimum absolute atomic E-state index is 0.0373. The van der Waals surface area contributed by atoms with Gasteiger partial charge < -0.3 is 20.6 Å². The SMILES string of the molecule is C=CCNC(=O)C(=O)[C@H](CC)NC(=O)[C@@H]1[C@@H](C)CCN1C(=O)[C@H](CO)N[C@H](CN1C(=O)CC(C)(C)CC1=O)C(C)(C)C. The number of nitrogens with zero attached hydrogens (tertiary/aromatic N) is 2. The van der Waals surface area contributed by atoms with E-state index in [4.69, 9.17) is 0 Å². The Morgan fingerprint density at radius 2 is 1.71 bits per heavy atom. The van der Waals surface area contributed by atoms with E-state index in [9.17, 15) is 33.9 Å². The first kappa shape index (κ1) is 35.1. The summed E-state index contributed by atoms with van der Waals surface area (Å²) in [6, 6.07) is -3.61. The fourth-order valence-electron chi connectivity index (χ4n) is 5.43. The summed E-state index contributed by atoms with van der Waals surface area (Å²) in [5.74, 6) is -3.46. The number of nitrogens with one attached hydrogen (secondary N) is 3. The molecule has 2 aliphatic heterocycles. The minimum atomic E-state index is -1.10. The molecule has 12 heteroatoms. The molecular formula is C30H49N5O7. The summed E-state index contributed by atoms with van der Waals surface area (Å²) >= 11 is 0. The van der Waals surface area contributed by atoms with Crippen molar-refractivity contribution in [2.45, 2.75) is 98.3 Å². The Balaban J connectivity index is 2.20. The average Bonchev–Trinajstić information content (AvgIpc) is 3.28. The Morgan fingerprint density at radius 3 is 2.21 bits per heavy atom. The van der Waals surface area contributed by atoms with Gasteiger partial charge in [-0.05, 0) is 29.6 Å². The Kier molecular flexibility index (Phi) is 12.0. The summed E-state index contributed by atoms with van der Waals surface area (Å²) in [6.45, 7) is 16.3. The van der Waals surface area contributed by atoms with E-state index in [1.807, 2.05) is 41.5 Å². The second kappa shape index (κ2) is 14.4. The number of ketones is 1. The third-order valence-electron chi connectivity index (χ3n) is 8.08. The molecule has 12 nitrogen and oxygen atoms in total. The van der Waals surface area contributed by atoms with Gasteiger partial charge in [-0.1, -0.05) is 54.5 Å². The number of carbonyl (C=O) groups excluding carboxylic acids is 6. The van der Waals surface area contributed by atoms with Crippen molar-refractivity contribution < 1.29 is 33.9 Å². The first-order valence-corrected chi connectivity index (χ1v) is 14.7. The van der Waals surface area contributed by atoms with Crippen LogP contribution in [0.3, 0.4) is 0 Å². The number of likely N-dealkylation sites (tertiary alicyclic amines) is 2. The van der Waals surface area contributed by atoms with Crippen LogP contribution in [0.15, 0.2) is 12.7 Å². The Labute approximate surface area is 249 Å². The second-order valence-corrected chi connectivity index (χ2v) is 13.3. The predicted octanol–water partition coefficient (Wildman–Crippen LogP) is 0.530. The zero-order valence-electron chi connectivity index (χ0n) is 26.1. The molecular weight excluding hydrogens is 542 g/mol.